The van der Waals surface area contributed by atoms with Crippen LogP contribution in [0.3, 0.4) is 0 Å². The third-order valence-corrected chi connectivity index (χ3v) is 2.66. The number of hydrogen-bond donors (Lipinski definition) is 0. The highest BCUT2D eigenvalue weighted by atomic mass is 19.4. The minimum atomic E-state index is -4.39. The Balaban J connectivity index is 2.14. The fourth-order valence-electron chi connectivity index (χ4n) is 1.82. The lowest BCUT2D eigenvalue weighted by Gasteiger charge is -2.27. The van der Waals surface area contributed by atoms with Crippen LogP contribution in [0.4, 0.5) is 13.2 Å². The van der Waals surface area contributed by atoms with Crippen LogP contribution >= 0.6 is 0 Å². The highest BCUT2D eigenvalue weighted by Gasteiger charge is 2.35. The lowest BCUT2D eigenvalue weighted by molar-refractivity contribution is -0.142. The number of ether oxygens (including phenoxy) is 1. The third-order valence-electron chi connectivity index (χ3n) is 2.66. The molecule has 0 N–H and O–H groups in total. The summed E-state index contributed by atoms with van der Waals surface area (Å²) in [4.78, 5) is 5.37. The Bertz CT molecular complexity index is 375. The summed E-state index contributed by atoms with van der Waals surface area (Å²) >= 11 is 0. The van der Waals surface area contributed by atoms with Crippen molar-refractivity contribution in [2.45, 2.75) is 12.7 Å². The summed E-state index contributed by atoms with van der Waals surface area (Å²) < 4.78 is 43.2. The topological polar surface area (TPSA) is 25.4 Å². The quantitative estimate of drug-likeness (QED) is 0.797. The molecule has 1 aromatic heterocycles. The molecule has 0 bridgehead atoms. The van der Waals surface area contributed by atoms with Crippen LogP contribution in [0.15, 0.2) is 18.3 Å². The summed E-state index contributed by atoms with van der Waals surface area (Å²) in [6.07, 6.45) is -3.21. The van der Waals surface area contributed by atoms with Gasteiger partial charge in [-0.15, -0.1) is 0 Å². The fourth-order valence-corrected chi connectivity index (χ4v) is 1.82. The van der Waals surface area contributed by atoms with E-state index >= 15 is 0 Å². The molecular formula is C11H13F3N2O. The second kappa shape index (κ2) is 5.01. The standard InChI is InChI=1S/C11H13F3N2O/c12-11(13,14)10-9(2-1-3-15-10)8-16-4-6-17-7-5-16/h1-3H,4-8H2. The van der Waals surface area contributed by atoms with E-state index in [-0.39, 0.29) is 12.1 Å². The van der Waals surface area contributed by atoms with Crippen molar-refractivity contribution >= 4 is 0 Å². The molecule has 1 aromatic rings. The number of pyridine rings is 1. The van der Waals surface area contributed by atoms with Gasteiger partial charge in [-0.1, -0.05) is 6.07 Å². The van der Waals surface area contributed by atoms with Crippen molar-refractivity contribution in [3.63, 3.8) is 0 Å². The van der Waals surface area contributed by atoms with Crippen LogP contribution in [0.5, 0.6) is 0 Å². The van der Waals surface area contributed by atoms with Crippen LogP contribution < -0.4 is 0 Å². The van der Waals surface area contributed by atoms with Gasteiger partial charge < -0.3 is 4.74 Å². The van der Waals surface area contributed by atoms with Crippen LogP contribution in [0, 0.1) is 0 Å². The van der Waals surface area contributed by atoms with Crippen molar-refractivity contribution in [2.75, 3.05) is 26.3 Å². The summed E-state index contributed by atoms with van der Waals surface area (Å²) in [6.45, 7) is 2.73. The van der Waals surface area contributed by atoms with Crippen molar-refractivity contribution in [1.82, 2.24) is 9.88 Å². The van der Waals surface area contributed by atoms with E-state index in [9.17, 15) is 13.2 Å². The van der Waals surface area contributed by atoms with E-state index in [0.717, 1.165) is 0 Å². The summed E-state index contributed by atoms with van der Waals surface area (Å²) in [5.74, 6) is 0. The molecule has 0 aromatic carbocycles. The van der Waals surface area contributed by atoms with Crippen molar-refractivity contribution < 1.29 is 17.9 Å². The summed E-state index contributed by atoms with van der Waals surface area (Å²) in [6, 6.07) is 3.01. The first-order valence-electron chi connectivity index (χ1n) is 5.38. The number of halogens is 3. The number of nitrogens with zero attached hydrogens (tertiary/aromatic N) is 2. The van der Waals surface area contributed by atoms with Crippen LogP contribution in [0.25, 0.3) is 0 Å². The number of aromatic nitrogens is 1. The van der Waals surface area contributed by atoms with Crippen molar-refractivity contribution in [1.29, 1.82) is 0 Å². The van der Waals surface area contributed by atoms with Crippen LogP contribution in [-0.4, -0.2) is 36.2 Å². The maximum absolute atomic E-state index is 12.7. The van der Waals surface area contributed by atoms with Gasteiger partial charge in [-0.05, 0) is 11.6 Å². The lowest BCUT2D eigenvalue weighted by atomic mass is 10.1. The van der Waals surface area contributed by atoms with Crippen LogP contribution in [-0.2, 0) is 17.5 Å². The van der Waals surface area contributed by atoms with E-state index in [1.807, 2.05) is 4.90 Å². The highest BCUT2D eigenvalue weighted by Crippen LogP contribution is 2.30. The normalized spacial score (nSPS) is 18.3. The molecule has 1 aliphatic heterocycles. The lowest BCUT2D eigenvalue weighted by Crippen LogP contribution is -2.36. The Kier molecular flexibility index (Phi) is 3.63. The zero-order valence-electron chi connectivity index (χ0n) is 9.20. The monoisotopic (exact) mass is 246 g/mol. The molecule has 2 heterocycles. The molecule has 0 amide bonds. The Morgan fingerprint density at radius 3 is 2.65 bits per heavy atom. The molecule has 17 heavy (non-hydrogen) atoms. The first-order chi connectivity index (χ1) is 8.07. The predicted octanol–water partition coefficient (Wildman–Crippen LogP) is 1.93. The minimum absolute atomic E-state index is 0.224. The molecule has 1 fully saturated rings. The van der Waals surface area contributed by atoms with Gasteiger partial charge in [0.05, 0.1) is 13.2 Å². The van der Waals surface area contributed by atoms with Gasteiger partial charge in [-0.25, -0.2) is 0 Å². The zero-order chi connectivity index (χ0) is 12.3. The Hall–Kier alpha value is -1.14. The summed E-state index contributed by atoms with van der Waals surface area (Å²) in [7, 11) is 0. The minimum Gasteiger partial charge on any atom is -0.379 e. The number of hydrogen-bond acceptors (Lipinski definition) is 3. The molecule has 1 aliphatic rings. The number of rotatable bonds is 2. The van der Waals surface area contributed by atoms with Gasteiger partial charge in [0.2, 0.25) is 0 Å². The smallest absolute Gasteiger partial charge is 0.379 e. The van der Waals surface area contributed by atoms with Crippen molar-refractivity contribution in [2.24, 2.45) is 0 Å². The molecule has 0 unspecified atom stereocenters. The van der Waals surface area contributed by atoms with Gasteiger partial charge in [0, 0.05) is 25.8 Å². The molecule has 0 aliphatic carbocycles. The van der Waals surface area contributed by atoms with E-state index in [4.69, 9.17) is 4.74 Å². The maximum Gasteiger partial charge on any atom is 0.433 e. The van der Waals surface area contributed by atoms with E-state index in [1.165, 1.54) is 18.3 Å². The molecule has 2 rings (SSSR count). The van der Waals surface area contributed by atoms with E-state index in [2.05, 4.69) is 4.98 Å². The van der Waals surface area contributed by atoms with Gasteiger partial charge >= 0.3 is 6.18 Å². The van der Waals surface area contributed by atoms with Crippen molar-refractivity contribution in [3.8, 4) is 0 Å². The Labute approximate surface area is 97.2 Å². The summed E-state index contributed by atoms with van der Waals surface area (Å²) in [5, 5.41) is 0. The van der Waals surface area contributed by atoms with E-state index in [0.29, 0.717) is 26.3 Å². The zero-order valence-corrected chi connectivity index (χ0v) is 9.20. The third kappa shape index (κ3) is 3.17. The van der Waals surface area contributed by atoms with E-state index in [1.54, 1.807) is 0 Å². The highest BCUT2D eigenvalue weighted by molar-refractivity contribution is 5.22. The Morgan fingerprint density at radius 2 is 2.00 bits per heavy atom. The number of alkyl halides is 3. The predicted molar refractivity (Wildman–Crippen MR) is 55.3 cm³/mol. The average molecular weight is 246 g/mol. The first kappa shape index (κ1) is 12.3. The van der Waals surface area contributed by atoms with E-state index < -0.39 is 11.9 Å². The SMILES string of the molecule is FC(F)(F)c1ncccc1CN1CCOCC1. The molecule has 0 radical (unpaired) electrons. The molecule has 6 heteroatoms. The second-order valence-electron chi connectivity index (χ2n) is 3.90. The molecule has 0 atom stereocenters. The van der Waals surface area contributed by atoms with Crippen LogP contribution in [0.1, 0.15) is 11.3 Å². The van der Waals surface area contributed by atoms with Gasteiger partial charge in [-0.3, -0.25) is 9.88 Å². The van der Waals surface area contributed by atoms with Gasteiger partial charge in [-0.2, -0.15) is 13.2 Å². The van der Waals surface area contributed by atoms with Crippen molar-refractivity contribution in [3.05, 3.63) is 29.6 Å². The van der Waals surface area contributed by atoms with Crippen LogP contribution in [0.2, 0.25) is 0 Å². The maximum atomic E-state index is 12.7. The molecule has 0 spiro atoms. The second-order valence-corrected chi connectivity index (χ2v) is 3.90. The molecule has 94 valence electrons. The molecular weight excluding hydrogens is 233 g/mol. The first-order valence-corrected chi connectivity index (χ1v) is 5.38. The molecule has 3 nitrogen and oxygen atoms in total. The van der Waals surface area contributed by atoms with Gasteiger partial charge in [0.25, 0.3) is 0 Å². The van der Waals surface area contributed by atoms with Gasteiger partial charge in [0.1, 0.15) is 5.69 Å². The average Bonchev–Trinajstić information content (AvgIpc) is 2.30. The molecule has 1 saturated heterocycles. The fraction of sp³-hybridized carbons (Fsp3) is 0.545. The molecule has 0 saturated carbocycles. The number of morpholine rings is 1. The largest absolute Gasteiger partial charge is 0.433 e. The summed E-state index contributed by atoms with van der Waals surface area (Å²) in [5.41, 5.74) is -0.562. The Morgan fingerprint density at radius 1 is 1.29 bits per heavy atom. The van der Waals surface area contributed by atoms with Gasteiger partial charge in [0.15, 0.2) is 0 Å².